The molecule has 1 aliphatic heterocycles. The maximum Gasteiger partial charge on any atom is 0.407 e. The van der Waals surface area contributed by atoms with E-state index in [1.54, 1.807) is 30.5 Å². The van der Waals surface area contributed by atoms with Crippen molar-refractivity contribution < 1.29 is 23.2 Å². The topological polar surface area (TPSA) is 66.8 Å². The average molecular weight is 391 g/mol. The maximum atomic E-state index is 13.2. The van der Waals surface area contributed by atoms with Crippen LogP contribution >= 0.6 is 0 Å². The van der Waals surface area contributed by atoms with Crippen LogP contribution in [0.4, 0.5) is 9.18 Å². The SMILES string of the molecule is CS(=O)c1ccc(COC2CN(C(=O)O)CCC2c2ccc(F)cc2)cc1. The number of piperidine rings is 1. The average Bonchev–Trinajstić information content (AvgIpc) is 2.67. The number of hydrogen-bond acceptors (Lipinski definition) is 3. The third-order valence-electron chi connectivity index (χ3n) is 4.85. The number of carbonyl (C=O) groups is 1. The summed E-state index contributed by atoms with van der Waals surface area (Å²) in [5, 5.41) is 9.31. The Kier molecular flexibility index (Phi) is 6.23. The number of amides is 1. The van der Waals surface area contributed by atoms with E-state index in [1.165, 1.54) is 17.0 Å². The summed E-state index contributed by atoms with van der Waals surface area (Å²) in [5.74, 6) is -0.295. The molecule has 0 aromatic heterocycles. The minimum atomic E-state index is -1.03. The number of carboxylic acid groups (broad SMARTS) is 1. The van der Waals surface area contributed by atoms with E-state index in [1.807, 2.05) is 12.1 Å². The molecule has 1 N–H and O–H groups in total. The summed E-state index contributed by atoms with van der Waals surface area (Å²) in [6, 6.07) is 13.6. The van der Waals surface area contributed by atoms with Crippen molar-refractivity contribution in [1.29, 1.82) is 0 Å². The monoisotopic (exact) mass is 391 g/mol. The lowest BCUT2D eigenvalue weighted by atomic mass is 9.87. The predicted molar refractivity (Wildman–Crippen MR) is 101 cm³/mol. The van der Waals surface area contributed by atoms with Gasteiger partial charge >= 0.3 is 6.09 Å². The number of halogens is 1. The van der Waals surface area contributed by atoms with Gasteiger partial charge in [-0.2, -0.15) is 0 Å². The van der Waals surface area contributed by atoms with Crippen LogP contribution < -0.4 is 0 Å². The van der Waals surface area contributed by atoms with Gasteiger partial charge in [0.1, 0.15) is 5.82 Å². The van der Waals surface area contributed by atoms with Crippen LogP contribution in [0.15, 0.2) is 53.4 Å². The fraction of sp³-hybridized carbons (Fsp3) is 0.350. The molecule has 144 valence electrons. The summed E-state index contributed by atoms with van der Waals surface area (Å²) in [4.78, 5) is 13.5. The molecular formula is C20H22FNO4S. The van der Waals surface area contributed by atoms with Crippen molar-refractivity contribution in [2.75, 3.05) is 19.3 Å². The lowest BCUT2D eigenvalue weighted by Gasteiger charge is -2.37. The minimum absolute atomic E-state index is 0.00335. The number of ether oxygens (including phenoxy) is 1. The van der Waals surface area contributed by atoms with Gasteiger partial charge in [0.05, 0.1) is 19.3 Å². The second kappa shape index (κ2) is 8.63. The van der Waals surface area contributed by atoms with Crippen molar-refractivity contribution in [1.82, 2.24) is 4.90 Å². The van der Waals surface area contributed by atoms with Gasteiger partial charge in [-0.1, -0.05) is 24.3 Å². The van der Waals surface area contributed by atoms with Crippen molar-refractivity contribution in [2.45, 2.75) is 29.9 Å². The zero-order valence-corrected chi connectivity index (χ0v) is 15.8. The van der Waals surface area contributed by atoms with E-state index in [2.05, 4.69) is 0 Å². The van der Waals surface area contributed by atoms with Gasteiger partial charge in [-0.15, -0.1) is 0 Å². The normalized spacial score (nSPS) is 21.0. The molecule has 1 fully saturated rings. The first-order valence-electron chi connectivity index (χ1n) is 8.71. The van der Waals surface area contributed by atoms with Gasteiger partial charge in [-0.25, -0.2) is 9.18 Å². The maximum absolute atomic E-state index is 13.2. The van der Waals surface area contributed by atoms with Crippen molar-refractivity contribution in [2.24, 2.45) is 0 Å². The Morgan fingerprint density at radius 3 is 2.48 bits per heavy atom. The van der Waals surface area contributed by atoms with Gasteiger partial charge in [0.15, 0.2) is 0 Å². The van der Waals surface area contributed by atoms with Crippen LogP contribution in [0, 0.1) is 5.82 Å². The molecule has 27 heavy (non-hydrogen) atoms. The first-order valence-corrected chi connectivity index (χ1v) is 10.3. The van der Waals surface area contributed by atoms with E-state index in [9.17, 15) is 18.5 Å². The van der Waals surface area contributed by atoms with Crippen LogP contribution in [0.3, 0.4) is 0 Å². The van der Waals surface area contributed by atoms with E-state index >= 15 is 0 Å². The molecule has 0 spiro atoms. The molecule has 2 aromatic carbocycles. The molecule has 0 bridgehead atoms. The molecule has 1 aliphatic rings. The summed E-state index contributed by atoms with van der Waals surface area (Å²) < 4.78 is 30.8. The molecular weight excluding hydrogens is 369 g/mol. The fourth-order valence-electron chi connectivity index (χ4n) is 3.33. The zero-order chi connectivity index (χ0) is 19.4. The van der Waals surface area contributed by atoms with Crippen LogP contribution in [0.2, 0.25) is 0 Å². The molecule has 1 heterocycles. The molecule has 5 nitrogen and oxygen atoms in total. The Balaban J connectivity index is 1.73. The minimum Gasteiger partial charge on any atom is -0.465 e. The molecule has 3 atom stereocenters. The molecule has 0 radical (unpaired) electrons. The number of rotatable bonds is 5. The quantitative estimate of drug-likeness (QED) is 0.845. The van der Waals surface area contributed by atoms with Crippen LogP contribution in [-0.2, 0) is 22.1 Å². The molecule has 1 amide bonds. The highest BCUT2D eigenvalue weighted by Crippen LogP contribution is 2.31. The Labute approximate surface area is 160 Å². The van der Waals surface area contributed by atoms with E-state index in [0.29, 0.717) is 19.6 Å². The van der Waals surface area contributed by atoms with E-state index in [-0.39, 0.29) is 24.4 Å². The highest BCUT2D eigenvalue weighted by Gasteiger charge is 2.33. The Morgan fingerprint density at radius 2 is 1.89 bits per heavy atom. The fourth-order valence-corrected chi connectivity index (χ4v) is 3.85. The zero-order valence-electron chi connectivity index (χ0n) is 15.0. The van der Waals surface area contributed by atoms with Gasteiger partial charge in [0, 0.05) is 34.4 Å². The number of benzene rings is 2. The first-order chi connectivity index (χ1) is 12.9. The number of likely N-dealkylation sites (tertiary alicyclic amines) is 1. The molecule has 3 unspecified atom stereocenters. The van der Waals surface area contributed by atoms with E-state index in [0.717, 1.165) is 16.0 Å². The summed E-state index contributed by atoms with van der Waals surface area (Å²) in [5.41, 5.74) is 1.87. The van der Waals surface area contributed by atoms with Crippen LogP contribution in [-0.4, -0.2) is 45.8 Å². The number of nitrogens with zero attached hydrogens (tertiary/aromatic N) is 1. The smallest absolute Gasteiger partial charge is 0.407 e. The molecule has 3 rings (SSSR count). The van der Waals surface area contributed by atoms with Crippen molar-refractivity contribution in [3.05, 3.63) is 65.5 Å². The molecule has 2 aromatic rings. The summed E-state index contributed by atoms with van der Waals surface area (Å²) >= 11 is 0. The van der Waals surface area contributed by atoms with Crippen molar-refractivity contribution in [3.8, 4) is 0 Å². The molecule has 7 heteroatoms. The third-order valence-corrected chi connectivity index (χ3v) is 5.78. The highest BCUT2D eigenvalue weighted by molar-refractivity contribution is 7.84. The predicted octanol–water partition coefficient (Wildman–Crippen LogP) is 3.62. The van der Waals surface area contributed by atoms with Crippen molar-refractivity contribution >= 4 is 16.9 Å². The standard InChI is InChI=1S/C20H22FNO4S/c1-27(25)17-8-2-14(3-9-17)13-26-19-12-22(20(23)24)11-10-18(19)15-4-6-16(21)7-5-15/h2-9,18-19H,10-13H2,1H3,(H,23,24). The van der Waals surface area contributed by atoms with Crippen LogP contribution in [0.25, 0.3) is 0 Å². The van der Waals surface area contributed by atoms with E-state index in [4.69, 9.17) is 4.74 Å². The van der Waals surface area contributed by atoms with Gasteiger partial charge in [0.2, 0.25) is 0 Å². The van der Waals surface area contributed by atoms with Gasteiger partial charge in [-0.05, 0) is 41.8 Å². The second-order valence-corrected chi connectivity index (χ2v) is 8.00. The van der Waals surface area contributed by atoms with Gasteiger partial charge in [0.25, 0.3) is 0 Å². The van der Waals surface area contributed by atoms with Crippen LogP contribution in [0.5, 0.6) is 0 Å². The summed E-state index contributed by atoms with van der Waals surface area (Å²) in [6.07, 6.45) is 0.966. The molecule has 0 aliphatic carbocycles. The van der Waals surface area contributed by atoms with E-state index < -0.39 is 16.9 Å². The summed E-state index contributed by atoms with van der Waals surface area (Å²) in [6.45, 7) is 1.02. The third kappa shape index (κ3) is 4.93. The number of hydrogen-bond donors (Lipinski definition) is 1. The Bertz CT molecular complexity index is 810. The van der Waals surface area contributed by atoms with Crippen molar-refractivity contribution in [3.63, 3.8) is 0 Å². The first kappa shape index (κ1) is 19.5. The van der Waals surface area contributed by atoms with Crippen LogP contribution in [0.1, 0.15) is 23.5 Å². The largest absolute Gasteiger partial charge is 0.465 e. The Morgan fingerprint density at radius 1 is 1.22 bits per heavy atom. The van der Waals surface area contributed by atoms with Gasteiger partial charge in [-0.3, -0.25) is 4.21 Å². The lowest BCUT2D eigenvalue weighted by molar-refractivity contribution is -0.0199. The highest BCUT2D eigenvalue weighted by atomic mass is 32.2. The summed E-state index contributed by atoms with van der Waals surface area (Å²) in [7, 11) is -1.03. The molecule has 0 saturated carbocycles. The van der Waals surface area contributed by atoms with Gasteiger partial charge < -0.3 is 14.7 Å². The Hall–Kier alpha value is -2.25. The molecule has 1 saturated heterocycles. The second-order valence-electron chi connectivity index (χ2n) is 6.62. The lowest BCUT2D eigenvalue weighted by Crippen LogP contribution is -2.46.